The fourth-order valence-electron chi connectivity index (χ4n) is 3.08. The Morgan fingerprint density at radius 1 is 0.889 bits per heavy atom. The first-order valence-corrected chi connectivity index (χ1v) is 8.81. The van der Waals surface area contributed by atoms with Crippen LogP contribution in [0.15, 0.2) is 67.0 Å². The van der Waals surface area contributed by atoms with Crippen LogP contribution in [-0.2, 0) is 6.42 Å². The first-order chi connectivity index (χ1) is 13.3. The number of hydrogen-bond donors (Lipinski definition) is 0. The molecule has 0 amide bonds. The molecule has 0 N–H and O–H groups in total. The zero-order valence-electron chi connectivity index (χ0n) is 14.1. The second-order valence-electron chi connectivity index (χ2n) is 6.18. The summed E-state index contributed by atoms with van der Waals surface area (Å²) in [4.78, 5) is 8.38. The molecule has 0 fully saturated rings. The van der Waals surface area contributed by atoms with Crippen LogP contribution in [0.4, 0.5) is 0 Å². The van der Waals surface area contributed by atoms with Crippen LogP contribution in [0.1, 0.15) is 11.4 Å². The average molecular weight is 373 g/mol. The highest BCUT2D eigenvalue weighted by atomic mass is 35.5. The third kappa shape index (κ3) is 3.00. The monoisotopic (exact) mass is 372 g/mol. The van der Waals surface area contributed by atoms with Crippen LogP contribution in [-0.4, -0.2) is 29.8 Å². The van der Waals surface area contributed by atoms with Gasteiger partial charge in [0.1, 0.15) is 5.15 Å². The van der Waals surface area contributed by atoms with Crippen LogP contribution >= 0.6 is 11.6 Å². The maximum absolute atomic E-state index is 6.00. The van der Waals surface area contributed by atoms with E-state index in [0.717, 1.165) is 33.5 Å². The van der Waals surface area contributed by atoms with Gasteiger partial charge in [-0.1, -0.05) is 23.7 Å². The molecule has 1 aromatic carbocycles. The lowest BCUT2D eigenvalue weighted by molar-refractivity contribution is 0.842. The van der Waals surface area contributed by atoms with Crippen LogP contribution in [0.25, 0.3) is 27.8 Å². The van der Waals surface area contributed by atoms with E-state index in [0.29, 0.717) is 17.2 Å². The second kappa shape index (κ2) is 6.41. The third-order valence-corrected chi connectivity index (χ3v) is 4.59. The molecular formula is C20H13ClN6. The van der Waals surface area contributed by atoms with Crippen molar-refractivity contribution in [2.24, 2.45) is 0 Å². The Balaban J connectivity index is 1.55. The van der Waals surface area contributed by atoms with Gasteiger partial charge in [0.15, 0.2) is 11.5 Å². The molecule has 0 aliphatic carbocycles. The highest BCUT2D eigenvalue weighted by molar-refractivity contribution is 6.29. The van der Waals surface area contributed by atoms with Crippen LogP contribution < -0.4 is 0 Å². The number of pyridine rings is 2. The highest BCUT2D eigenvalue weighted by Gasteiger charge is 2.10. The summed E-state index contributed by atoms with van der Waals surface area (Å²) in [7, 11) is 0. The molecule has 0 bridgehead atoms. The summed E-state index contributed by atoms with van der Waals surface area (Å²) in [6, 6.07) is 17.7. The predicted octanol–water partition coefficient (Wildman–Crippen LogP) is 3.98. The number of fused-ring (bicyclic) bond motifs is 2. The maximum atomic E-state index is 6.00. The largest absolute Gasteiger partial charge is 0.256 e. The molecule has 4 heterocycles. The van der Waals surface area contributed by atoms with E-state index in [1.54, 1.807) is 23.0 Å². The van der Waals surface area contributed by atoms with E-state index in [9.17, 15) is 0 Å². The molecule has 130 valence electrons. The molecule has 0 atom stereocenters. The van der Waals surface area contributed by atoms with Crippen LogP contribution in [0.5, 0.6) is 0 Å². The minimum Gasteiger partial charge on any atom is -0.256 e. The number of nitrogens with zero attached hydrogens (tertiary/aromatic N) is 6. The number of halogens is 1. The van der Waals surface area contributed by atoms with Gasteiger partial charge in [0.05, 0.1) is 11.2 Å². The van der Waals surface area contributed by atoms with Crippen molar-refractivity contribution in [1.82, 2.24) is 29.8 Å². The molecule has 0 saturated carbocycles. The Morgan fingerprint density at radius 2 is 1.85 bits per heavy atom. The van der Waals surface area contributed by atoms with Crippen molar-refractivity contribution < 1.29 is 0 Å². The van der Waals surface area contributed by atoms with Gasteiger partial charge in [0.2, 0.25) is 0 Å². The fraction of sp³-hybridized carbons (Fsp3) is 0.0500. The Hall–Kier alpha value is -3.38. The van der Waals surface area contributed by atoms with Gasteiger partial charge in [0.25, 0.3) is 0 Å². The molecule has 5 rings (SSSR count). The molecular weight excluding hydrogens is 360 g/mol. The van der Waals surface area contributed by atoms with Gasteiger partial charge in [-0.3, -0.25) is 4.98 Å². The second-order valence-corrected chi connectivity index (χ2v) is 6.57. The van der Waals surface area contributed by atoms with Gasteiger partial charge in [-0.15, -0.1) is 10.2 Å². The molecule has 4 aromatic heterocycles. The van der Waals surface area contributed by atoms with Crippen molar-refractivity contribution >= 4 is 28.2 Å². The standard InChI is InChI=1S/C20H13ClN6/c21-18-12-15(7-9-23-18)17-5-6-19-24-25-20(27(19)26-17)11-13-3-4-16-14(10-13)2-1-8-22-16/h1-10,12H,11H2. The summed E-state index contributed by atoms with van der Waals surface area (Å²) in [5, 5.41) is 14.8. The number of hydrogen-bond acceptors (Lipinski definition) is 5. The van der Waals surface area contributed by atoms with Gasteiger partial charge >= 0.3 is 0 Å². The highest BCUT2D eigenvalue weighted by Crippen LogP contribution is 2.21. The van der Waals surface area contributed by atoms with E-state index in [-0.39, 0.29) is 0 Å². The van der Waals surface area contributed by atoms with Crippen LogP contribution in [0, 0.1) is 0 Å². The Morgan fingerprint density at radius 3 is 2.78 bits per heavy atom. The van der Waals surface area contributed by atoms with Gasteiger partial charge in [-0.25, -0.2) is 4.98 Å². The lowest BCUT2D eigenvalue weighted by atomic mass is 10.1. The molecule has 5 aromatic rings. The van der Waals surface area contributed by atoms with E-state index < -0.39 is 0 Å². The summed E-state index contributed by atoms with van der Waals surface area (Å²) in [6.07, 6.45) is 4.09. The van der Waals surface area contributed by atoms with Crippen molar-refractivity contribution in [1.29, 1.82) is 0 Å². The summed E-state index contributed by atoms with van der Waals surface area (Å²) in [6.45, 7) is 0. The summed E-state index contributed by atoms with van der Waals surface area (Å²) < 4.78 is 1.77. The maximum Gasteiger partial charge on any atom is 0.177 e. The lowest BCUT2D eigenvalue weighted by Gasteiger charge is -2.05. The number of rotatable bonds is 3. The first kappa shape index (κ1) is 15.8. The molecule has 6 nitrogen and oxygen atoms in total. The minimum absolute atomic E-state index is 0.433. The van der Waals surface area contributed by atoms with Gasteiger partial charge < -0.3 is 0 Å². The van der Waals surface area contributed by atoms with Crippen LogP contribution in [0.3, 0.4) is 0 Å². The molecule has 0 radical (unpaired) electrons. The molecule has 0 unspecified atom stereocenters. The van der Waals surface area contributed by atoms with E-state index >= 15 is 0 Å². The van der Waals surface area contributed by atoms with Gasteiger partial charge in [-0.05, 0) is 48.0 Å². The number of benzene rings is 1. The Kier molecular flexibility index (Phi) is 3.76. The molecule has 0 spiro atoms. The van der Waals surface area contributed by atoms with Crippen molar-refractivity contribution in [2.75, 3.05) is 0 Å². The SMILES string of the molecule is Clc1cc(-c2ccc3nnc(Cc4ccc5ncccc5c4)n3n2)ccn1. The Bertz CT molecular complexity index is 1280. The molecule has 0 aliphatic heterocycles. The van der Waals surface area contributed by atoms with Crippen molar-refractivity contribution in [3.05, 3.63) is 83.5 Å². The molecule has 27 heavy (non-hydrogen) atoms. The average Bonchev–Trinajstić information content (AvgIpc) is 3.10. The van der Waals surface area contributed by atoms with E-state index in [2.05, 4.69) is 38.4 Å². The van der Waals surface area contributed by atoms with E-state index in [1.807, 2.05) is 30.3 Å². The predicted molar refractivity (Wildman–Crippen MR) is 104 cm³/mol. The Labute approximate surface area is 159 Å². The zero-order chi connectivity index (χ0) is 18.2. The summed E-state index contributed by atoms with van der Waals surface area (Å²) >= 11 is 6.00. The van der Waals surface area contributed by atoms with Crippen molar-refractivity contribution in [3.8, 4) is 11.3 Å². The fourth-order valence-corrected chi connectivity index (χ4v) is 3.25. The van der Waals surface area contributed by atoms with Gasteiger partial charge in [-0.2, -0.15) is 9.61 Å². The quantitative estimate of drug-likeness (QED) is 0.448. The third-order valence-electron chi connectivity index (χ3n) is 4.38. The lowest BCUT2D eigenvalue weighted by Crippen LogP contribution is -2.01. The molecule has 0 saturated heterocycles. The minimum atomic E-state index is 0.433. The number of aromatic nitrogens is 6. The molecule has 7 heteroatoms. The smallest absolute Gasteiger partial charge is 0.177 e. The molecule has 0 aliphatic rings. The topological polar surface area (TPSA) is 68.9 Å². The zero-order valence-corrected chi connectivity index (χ0v) is 14.9. The summed E-state index contributed by atoms with van der Waals surface area (Å²) in [5.41, 5.74) is 4.49. The van der Waals surface area contributed by atoms with E-state index in [4.69, 9.17) is 16.7 Å². The first-order valence-electron chi connectivity index (χ1n) is 8.43. The van der Waals surface area contributed by atoms with Crippen molar-refractivity contribution in [3.63, 3.8) is 0 Å². The van der Waals surface area contributed by atoms with Gasteiger partial charge in [0, 0.05) is 29.8 Å². The van der Waals surface area contributed by atoms with Crippen molar-refractivity contribution in [2.45, 2.75) is 6.42 Å². The normalized spacial score (nSPS) is 11.3. The van der Waals surface area contributed by atoms with E-state index in [1.165, 1.54) is 0 Å². The van der Waals surface area contributed by atoms with Crippen LogP contribution in [0.2, 0.25) is 5.15 Å². The summed E-state index contributed by atoms with van der Waals surface area (Å²) in [5.74, 6) is 0.773.